The molecule has 0 aliphatic rings. The third-order valence-corrected chi connectivity index (χ3v) is 2.45. The summed E-state index contributed by atoms with van der Waals surface area (Å²) in [5.74, 6) is -1.08. The first kappa shape index (κ1) is 13.6. The molecule has 1 atom stereocenters. The number of carboxylic acid groups (broad SMARTS) is 1. The maximum atomic E-state index is 11.1. The molecule has 1 aromatic rings. The van der Waals surface area contributed by atoms with Crippen molar-refractivity contribution in [1.82, 2.24) is 0 Å². The Morgan fingerprint density at radius 3 is 2.82 bits per heavy atom. The van der Waals surface area contributed by atoms with Crippen LogP contribution in [0.25, 0.3) is 0 Å². The highest BCUT2D eigenvalue weighted by Gasteiger charge is 2.16. The number of rotatable bonds is 5. The van der Waals surface area contributed by atoms with Gasteiger partial charge in [-0.3, -0.25) is 0 Å². The summed E-state index contributed by atoms with van der Waals surface area (Å²) in [4.78, 5) is 11.1. The second kappa shape index (κ2) is 5.75. The highest BCUT2D eigenvalue weighted by Crippen LogP contribution is 2.29. The number of methoxy groups -OCH3 is 1. The lowest BCUT2D eigenvalue weighted by molar-refractivity contribution is 0.0698. The van der Waals surface area contributed by atoms with Crippen molar-refractivity contribution in [3.63, 3.8) is 0 Å². The molecule has 4 N–H and O–H groups in total. The summed E-state index contributed by atoms with van der Waals surface area (Å²) in [6, 6.07) is 2.82. The van der Waals surface area contributed by atoms with Crippen molar-refractivity contribution in [2.75, 3.05) is 24.8 Å². The summed E-state index contributed by atoms with van der Waals surface area (Å²) in [6.45, 7) is 2.31. The minimum atomic E-state index is -1.08. The number of halogens is 1. The summed E-state index contributed by atoms with van der Waals surface area (Å²) >= 11 is 5.98. The normalized spacial score (nSPS) is 12.2. The Bertz CT molecular complexity index is 423. The fourth-order valence-corrected chi connectivity index (χ4v) is 1.76. The Morgan fingerprint density at radius 2 is 2.29 bits per heavy atom. The number of anilines is 2. The van der Waals surface area contributed by atoms with Crippen molar-refractivity contribution in [1.29, 1.82) is 0 Å². The number of nitrogens with one attached hydrogen (secondary N) is 1. The molecular weight excluding hydrogens is 244 g/mol. The summed E-state index contributed by atoms with van der Waals surface area (Å²) < 4.78 is 4.96. The molecule has 1 unspecified atom stereocenters. The number of nitrogen functional groups attached to an aromatic ring is 1. The van der Waals surface area contributed by atoms with E-state index < -0.39 is 5.97 Å². The summed E-state index contributed by atoms with van der Waals surface area (Å²) in [6.07, 6.45) is 0. The standard InChI is InChI=1S/C11H15ClN2O3/c1-6(5-17-2)14-10-8(11(15)16)3-7(13)4-9(10)12/h3-4,6,14H,5,13H2,1-2H3,(H,15,16). The molecule has 6 heteroatoms. The van der Waals surface area contributed by atoms with Gasteiger partial charge in [0.25, 0.3) is 0 Å². The monoisotopic (exact) mass is 258 g/mol. The Morgan fingerprint density at radius 1 is 1.65 bits per heavy atom. The first-order valence-electron chi connectivity index (χ1n) is 5.03. The van der Waals surface area contributed by atoms with E-state index in [0.29, 0.717) is 18.0 Å². The number of carboxylic acids is 1. The van der Waals surface area contributed by atoms with Crippen LogP contribution in [0.15, 0.2) is 12.1 Å². The van der Waals surface area contributed by atoms with Crippen molar-refractivity contribution >= 4 is 28.9 Å². The van der Waals surface area contributed by atoms with Gasteiger partial charge in [-0.05, 0) is 19.1 Å². The lowest BCUT2D eigenvalue weighted by atomic mass is 10.1. The van der Waals surface area contributed by atoms with Gasteiger partial charge in [-0.25, -0.2) is 4.79 Å². The first-order valence-corrected chi connectivity index (χ1v) is 5.41. The van der Waals surface area contributed by atoms with Gasteiger partial charge >= 0.3 is 5.97 Å². The van der Waals surface area contributed by atoms with Gasteiger partial charge in [0.1, 0.15) is 0 Å². The van der Waals surface area contributed by atoms with E-state index in [1.165, 1.54) is 12.1 Å². The quantitative estimate of drug-likeness (QED) is 0.704. The second-order valence-electron chi connectivity index (χ2n) is 3.73. The molecule has 17 heavy (non-hydrogen) atoms. The second-order valence-corrected chi connectivity index (χ2v) is 4.14. The molecule has 0 bridgehead atoms. The maximum absolute atomic E-state index is 11.1. The van der Waals surface area contributed by atoms with Crippen LogP contribution in [0, 0.1) is 0 Å². The molecule has 0 amide bonds. The van der Waals surface area contributed by atoms with Crippen LogP contribution in [0.2, 0.25) is 5.02 Å². The van der Waals surface area contributed by atoms with Crippen molar-refractivity contribution in [2.24, 2.45) is 0 Å². The molecular formula is C11H15ClN2O3. The van der Waals surface area contributed by atoms with Gasteiger partial charge in [-0.1, -0.05) is 11.6 Å². The highest BCUT2D eigenvalue weighted by molar-refractivity contribution is 6.34. The minimum Gasteiger partial charge on any atom is -0.478 e. The summed E-state index contributed by atoms with van der Waals surface area (Å²) in [7, 11) is 1.57. The Labute approximate surface area is 105 Å². The first-order chi connectivity index (χ1) is 7.95. The average molecular weight is 259 g/mol. The molecule has 0 aromatic heterocycles. The topological polar surface area (TPSA) is 84.6 Å². The Balaban J connectivity index is 3.08. The molecule has 5 nitrogen and oxygen atoms in total. The number of hydrogen-bond donors (Lipinski definition) is 3. The van der Waals surface area contributed by atoms with Gasteiger partial charge in [0.2, 0.25) is 0 Å². The lowest BCUT2D eigenvalue weighted by Crippen LogP contribution is -2.22. The van der Waals surface area contributed by atoms with Crippen LogP contribution in [0.1, 0.15) is 17.3 Å². The molecule has 0 saturated heterocycles. The van der Waals surface area contributed by atoms with E-state index in [4.69, 9.17) is 27.2 Å². The lowest BCUT2D eigenvalue weighted by Gasteiger charge is -2.17. The molecule has 1 rings (SSSR count). The minimum absolute atomic E-state index is 0.0537. The zero-order valence-corrected chi connectivity index (χ0v) is 10.4. The highest BCUT2D eigenvalue weighted by atomic mass is 35.5. The van der Waals surface area contributed by atoms with Gasteiger partial charge in [0, 0.05) is 18.8 Å². The van der Waals surface area contributed by atoms with Crippen LogP contribution < -0.4 is 11.1 Å². The smallest absolute Gasteiger partial charge is 0.337 e. The molecule has 1 aromatic carbocycles. The number of aromatic carboxylic acids is 1. The van der Waals surface area contributed by atoms with E-state index in [1.807, 2.05) is 6.92 Å². The van der Waals surface area contributed by atoms with Crippen molar-refractivity contribution in [3.05, 3.63) is 22.7 Å². The van der Waals surface area contributed by atoms with Crippen LogP contribution in [0.3, 0.4) is 0 Å². The number of nitrogens with two attached hydrogens (primary N) is 1. The average Bonchev–Trinajstić information content (AvgIpc) is 2.21. The van der Waals surface area contributed by atoms with E-state index >= 15 is 0 Å². The molecule has 0 aliphatic heterocycles. The number of hydrogen-bond acceptors (Lipinski definition) is 4. The number of ether oxygens (including phenoxy) is 1. The van der Waals surface area contributed by atoms with Gasteiger partial charge in [0.15, 0.2) is 0 Å². The van der Waals surface area contributed by atoms with Crippen molar-refractivity contribution in [3.8, 4) is 0 Å². The van der Waals surface area contributed by atoms with Crippen LogP contribution in [0.4, 0.5) is 11.4 Å². The van der Waals surface area contributed by atoms with Crippen LogP contribution in [-0.2, 0) is 4.74 Å². The molecule has 0 aliphatic carbocycles. The van der Waals surface area contributed by atoms with Crippen LogP contribution >= 0.6 is 11.6 Å². The zero-order valence-electron chi connectivity index (χ0n) is 9.66. The van der Waals surface area contributed by atoms with E-state index in [9.17, 15) is 4.79 Å². The zero-order chi connectivity index (χ0) is 13.0. The summed E-state index contributed by atoms with van der Waals surface area (Å²) in [5, 5.41) is 12.3. The Kier molecular flexibility index (Phi) is 4.60. The molecule has 94 valence electrons. The predicted octanol–water partition coefficient (Wildman–Crippen LogP) is 2.07. The maximum Gasteiger partial charge on any atom is 0.337 e. The molecule has 0 saturated carbocycles. The van der Waals surface area contributed by atoms with Gasteiger partial charge in [0.05, 0.1) is 22.9 Å². The van der Waals surface area contributed by atoms with Crippen LogP contribution in [-0.4, -0.2) is 30.8 Å². The number of carbonyl (C=O) groups is 1. The van der Waals surface area contributed by atoms with E-state index in [1.54, 1.807) is 7.11 Å². The Hall–Kier alpha value is -1.46. The number of benzene rings is 1. The van der Waals surface area contributed by atoms with Gasteiger partial charge in [-0.15, -0.1) is 0 Å². The molecule has 0 spiro atoms. The van der Waals surface area contributed by atoms with E-state index in [2.05, 4.69) is 5.32 Å². The molecule has 0 radical (unpaired) electrons. The SMILES string of the molecule is COCC(C)Nc1c(Cl)cc(N)cc1C(=O)O. The third-order valence-electron chi connectivity index (χ3n) is 2.15. The van der Waals surface area contributed by atoms with Gasteiger partial charge < -0.3 is 20.9 Å². The third kappa shape index (κ3) is 3.51. The van der Waals surface area contributed by atoms with E-state index in [0.717, 1.165) is 0 Å². The van der Waals surface area contributed by atoms with Gasteiger partial charge in [-0.2, -0.15) is 0 Å². The van der Waals surface area contributed by atoms with E-state index in [-0.39, 0.29) is 16.6 Å². The molecule has 0 fully saturated rings. The largest absolute Gasteiger partial charge is 0.478 e. The predicted molar refractivity (Wildman–Crippen MR) is 67.8 cm³/mol. The fraction of sp³-hybridized carbons (Fsp3) is 0.364. The van der Waals surface area contributed by atoms with Crippen molar-refractivity contribution < 1.29 is 14.6 Å². The van der Waals surface area contributed by atoms with Crippen molar-refractivity contribution in [2.45, 2.75) is 13.0 Å². The summed E-state index contributed by atoms with van der Waals surface area (Å²) in [5.41, 5.74) is 6.29. The fourth-order valence-electron chi connectivity index (χ4n) is 1.48. The van der Waals surface area contributed by atoms with Crippen LogP contribution in [0.5, 0.6) is 0 Å². The molecule has 0 heterocycles.